The maximum absolute atomic E-state index is 12.9. The van der Waals surface area contributed by atoms with E-state index in [4.69, 9.17) is 0 Å². The fourth-order valence-corrected chi connectivity index (χ4v) is 12.7. The third-order valence-corrected chi connectivity index (χ3v) is 13.2. The largest absolute Gasteiger partial charge is 0.299 e. The van der Waals surface area contributed by atoms with E-state index in [0.29, 0.717) is 38.3 Å². The van der Waals surface area contributed by atoms with E-state index in [9.17, 15) is 4.79 Å². The molecule has 4 rings (SSSR count). The van der Waals surface area contributed by atoms with Crippen molar-refractivity contribution in [3.05, 3.63) is 0 Å². The van der Waals surface area contributed by atoms with E-state index >= 15 is 0 Å². The molecule has 3 aliphatic carbocycles. The number of hydrogen-bond acceptors (Lipinski definition) is 5. The summed E-state index contributed by atoms with van der Waals surface area (Å²) < 4.78 is 0.664. The molecule has 4 bridgehead atoms. The molecule has 1 heterocycles. The van der Waals surface area contributed by atoms with Crippen LogP contribution < -0.4 is 0 Å². The second kappa shape index (κ2) is 6.04. The number of carbonyl (C=O) groups is 1. The van der Waals surface area contributed by atoms with Gasteiger partial charge in [0.25, 0.3) is 0 Å². The Labute approximate surface area is 165 Å². The van der Waals surface area contributed by atoms with Crippen LogP contribution in [0.1, 0.15) is 40.5 Å². The maximum atomic E-state index is 12.9. The van der Waals surface area contributed by atoms with Crippen LogP contribution in [0.5, 0.6) is 0 Å². The minimum absolute atomic E-state index is 0.142. The van der Waals surface area contributed by atoms with Gasteiger partial charge in [0.05, 0.1) is 4.08 Å². The smallest absolute Gasteiger partial charge is 0.139 e. The first-order valence-corrected chi connectivity index (χ1v) is 12.9. The van der Waals surface area contributed by atoms with Crippen molar-refractivity contribution in [3.8, 4) is 0 Å². The van der Waals surface area contributed by atoms with Gasteiger partial charge in [-0.05, 0) is 41.8 Å². The first kappa shape index (κ1) is 18.4. The molecule has 4 fully saturated rings. The van der Waals surface area contributed by atoms with Crippen LogP contribution in [0.25, 0.3) is 0 Å². The fourth-order valence-electron chi connectivity index (χ4n) is 6.71. The van der Waals surface area contributed by atoms with Crippen LogP contribution in [0.4, 0.5) is 0 Å². The number of ketones is 1. The normalized spacial score (nSPS) is 48.2. The van der Waals surface area contributed by atoms with Gasteiger partial charge in [-0.25, -0.2) is 0 Å². The van der Waals surface area contributed by atoms with Gasteiger partial charge in [0.2, 0.25) is 0 Å². The highest BCUT2D eigenvalue weighted by Crippen LogP contribution is 2.76. The van der Waals surface area contributed by atoms with E-state index < -0.39 is 0 Å². The number of rotatable bonds is 3. The molecule has 1 nitrogen and oxygen atoms in total. The minimum Gasteiger partial charge on any atom is -0.299 e. The van der Waals surface area contributed by atoms with E-state index in [2.05, 4.69) is 75.6 Å². The van der Waals surface area contributed by atoms with E-state index in [0.717, 1.165) is 23.8 Å². The zero-order valence-electron chi connectivity index (χ0n) is 15.2. The summed E-state index contributed by atoms with van der Waals surface area (Å²) in [6.07, 6.45) is 2.15. The van der Waals surface area contributed by atoms with Gasteiger partial charge in [-0.3, -0.25) is 4.79 Å². The van der Waals surface area contributed by atoms with Crippen molar-refractivity contribution < 1.29 is 4.79 Å². The summed E-state index contributed by atoms with van der Waals surface area (Å²) in [7, 11) is 0. The standard InChI is InChI=1S/C19H30OS4/c1-11-12-9-13(20)17(2,3)16-14(11)19(23-7-8-24-19)10-18(4,15(12)16)22-6-5-21/h11-12,14-16,21H,5-10H2,1-4H3/t11-,12-,14-,15+,16+,18-/m0/s1. The van der Waals surface area contributed by atoms with Gasteiger partial charge >= 0.3 is 0 Å². The van der Waals surface area contributed by atoms with Gasteiger partial charge in [0.1, 0.15) is 5.78 Å². The molecule has 1 saturated heterocycles. The summed E-state index contributed by atoms with van der Waals surface area (Å²) in [5, 5.41) is 0. The summed E-state index contributed by atoms with van der Waals surface area (Å²) in [5.41, 5.74) is -0.142. The average Bonchev–Trinajstić information content (AvgIpc) is 3.05. The highest BCUT2D eigenvalue weighted by atomic mass is 32.2. The number of thiol groups is 1. The summed E-state index contributed by atoms with van der Waals surface area (Å²) in [6, 6.07) is 0. The summed E-state index contributed by atoms with van der Waals surface area (Å²) >= 11 is 11.1. The van der Waals surface area contributed by atoms with Crippen LogP contribution in [0.2, 0.25) is 0 Å². The molecule has 0 aromatic heterocycles. The Kier molecular flexibility index (Phi) is 4.64. The summed E-state index contributed by atoms with van der Waals surface area (Å²) in [5.74, 6) is 8.51. The second-order valence-electron chi connectivity index (χ2n) is 9.02. The number of Topliss-reactive ketones (excluding diaryl/α,β-unsaturated/α-hetero) is 1. The van der Waals surface area contributed by atoms with Gasteiger partial charge in [-0.1, -0.05) is 27.7 Å². The van der Waals surface area contributed by atoms with Crippen molar-refractivity contribution >= 4 is 53.7 Å². The predicted octanol–water partition coefficient (Wildman–Crippen LogP) is 5.10. The number of fused-ring (bicyclic) bond motifs is 1. The Bertz CT molecular complexity index is 541. The molecule has 0 aromatic rings. The van der Waals surface area contributed by atoms with E-state index in [1.165, 1.54) is 17.9 Å². The molecule has 3 saturated carbocycles. The summed E-state index contributed by atoms with van der Waals surface area (Å²) in [4.78, 5) is 12.9. The topological polar surface area (TPSA) is 17.1 Å². The van der Waals surface area contributed by atoms with Crippen LogP contribution in [0.3, 0.4) is 0 Å². The molecule has 1 aliphatic heterocycles. The lowest BCUT2D eigenvalue weighted by atomic mass is 9.55. The van der Waals surface area contributed by atoms with Gasteiger partial charge in [-0.15, -0.1) is 23.5 Å². The monoisotopic (exact) mass is 402 g/mol. The molecule has 0 aromatic carbocycles. The molecule has 136 valence electrons. The first-order chi connectivity index (χ1) is 11.3. The zero-order valence-corrected chi connectivity index (χ0v) is 18.6. The second-order valence-corrected chi connectivity index (χ2v) is 14.2. The van der Waals surface area contributed by atoms with Crippen LogP contribution in [-0.2, 0) is 4.79 Å². The molecule has 0 radical (unpaired) electrons. The van der Waals surface area contributed by atoms with Crippen molar-refractivity contribution in [2.75, 3.05) is 23.0 Å². The van der Waals surface area contributed by atoms with Crippen LogP contribution in [0, 0.1) is 35.0 Å². The Morgan fingerprint density at radius 1 is 1.17 bits per heavy atom. The minimum atomic E-state index is -0.142. The van der Waals surface area contributed by atoms with Crippen LogP contribution >= 0.6 is 47.9 Å². The molecule has 1 spiro atoms. The summed E-state index contributed by atoms with van der Waals surface area (Å²) in [6.45, 7) is 9.54. The lowest BCUT2D eigenvalue weighted by molar-refractivity contribution is -0.138. The molecule has 0 unspecified atom stereocenters. The fraction of sp³-hybridized carbons (Fsp3) is 0.947. The quantitative estimate of drug-likeness (QED) is 0.661. The third-order valence-electron chi connectivity index (χ3n) is 7.56. The Balaban J connectivity index is 1.84. The first-order valence-electron chi connectivity index (χ1n) is 9.33. The molecule has 6 atom stereocenters. The van der Waals surface area contributed by atoms with Crippen molar-refractivity contribution in [1.29, 1.82) is 0 Å². The predicted molar refractivity (Wildman–Crippen MR) is 114 cm³/mol. The van der Waals surface area contributed by atoms with Crippen LogP contribution in [-0.4, -0.2) is 37.6 Å². The van der Waals surface area contributed by atoms with Crippen LogP contribution in [0.15, 0.2) is 0 Å². The van der Waals surface area contributed by atoms with Crippen molar-refractivity contribution in [1.82, 2.24) is 0 Å². The van der Waals surface area contributed by atoms with Gasteiger partial charge in [0.15, 0.2) is 0 Å². The van der Waals surface area contributed by atoms with Gasteiger partial charge in [-0.2, -0.15) is 24.4 Å². The van der Waals surface area contributed by atoms with Crippen molar-refractivity contribution in [2.24, 2.45) is 35.0 Å². The molecule has 0 amide bonds. The van der Waals surface area contributed by atoms with Gasteiger partial charge in [0, 0.05) is 33.8 Å². The van der Waals surface area contributed by atoms with E-state index in [1.54, 1.807) is 0 Å². The molecule has 5 heteroatoms. The van der Waals surface area contributed by atoms with E-state index in [1.807, 2.05) is 0 Å². The number of carbonyl (C=O) groups excluding carboxylic acids is 1. The molecule has 24 heavy (non-hydrogen) atoms. The Morgan fingerprint density at radius 2 is 1.83 bits per heavy atom. The van der Waals surface area contributed by atoms with Crippen molar-refractivity contribution in [2.45, 2.75) is 49.4 Å². The highest BCUT2D eigenvalue weighted by molar-refractivity contribution is 8.21. The van der Waals surface area contributed by atoms with E-state index in [-0.39, 0.29) is 5.41 Å². The molecular formula is C19H30OS4. The number of hydrogen-bond donors (Lipinski definition) is 1. The van der Waals surface area contributed by atoms with Gasteiger partial charge < -0.3 is 0 Å². The lowest BCUT2D eigenvalue weighted by Gasteiger charge is -2.58. The van der Waals surface area contributed by atoms with Crippen molar-refractivity contribution in [3.63, 3.8) is 0 Å². The molecule has 0 N–H and O–H groups in total. The zero-order chi connectivity index (χ0) is 17.3. The highest BCUT2D eigenvalue weighted by Gasteiger charge is 2.73. The molecule has 4 aliphatic rings. The SMILES string of the molecule is C[C@H]1[C@@H]2CC(=O)C(C)(C)[C@@H]3[C@H]1C1(C[C@](C)(SCCS)[C@H]23)SCCS1. The lowest BCUT2D eigenvalue weighted by Crippen LogP contribution is -2.58. The Morgan fingerprint density at radius 3 is 2.46 bits per heavy atom. The molecular weight excluding hydrogens is 372 g/mol. The third kappa shape index (κ3) is 2.36. The number of thioether (sulfide) groups is 3. The maximum Gasteiger partial charge on any atom is 0.139 e. The Hall–Kier alpha value is 1.07. The average molecular weight is 403 g/mol.